The van der Waals surface area contributed by atoms with Gasteiger partial charge >= 0.3 is 5.97 Å². The van der Waals surface area contributed by atoms with E-state index in [2.05, 4.69) is 0 Å². The van der Waals surface area contributed by atoms with E-state index in [0.29, 0.717) is 6.42 Å². The molecule has 0 aliphatic carbocycles. The molecule has 3 fully saturated rings. The van der Waals surface area contributed by atoms with Gasteiger partial charge in [-0.2, -0.15) is 0 Å². The second-order valence-corrected chi connectivity index (χ2v) is 6.47. The summed E-state index contributed by atoms with van der Waals surface area (Å²) in [6, 6.07) is 0. The van der Waals surface area contributed by atoms with Crippen molar-refractivity contribution in [1.29, 1.82) is 0 Å². The quantitative estimate of drug-likeness (QED) is 0.765. The van der Waals surface area contributed by atoms with E-state index < -0.39 is 30.4 Å². The van der Waals surface area contributed by atoms with Gasteiger partial charge in [0.2, 0.25) is 0 Å². The first kappa shape index (κ1) is 16.1. The van der Waals surface area contributed by atoms with Crippen LogP contribution < -0.4 is 0 Å². The lowest BCUT2D eigenvalue weighted by Gasteiger charge is -2.26. The third kappa shape index (κ3) is 3.14. The Bertz CT molecular complexity index is 424. The third-order valence-electron chi connectivity index (χ3n) is 4.28. The summed E-state index contributed by atoms with van der Waals surface area (Å²) >= 11 is 0. The fourth-order valence-electron chi connectivity index (χ4n) is 3.21. The minimum absolute atomic E-state index is 0.144. The Morgan fingerprint density at radius 1 is 1.23 bits per heavy atom. The lowest BCUT2D eigenvalue weighted by molar-refractivity contribution is -0.228. The molecule has 6 atom stereocenters. The zero-order chi connectivity index (χ0) is 15.9. The number of esters is 1. The molecule has 3 aliphatic heterocycles. The maximum Gasteiger partial charge on any atom is 0.305 e. The Hall–Kier alpha value is -0.730. The highest BCUT2D eigenvalue weighted by Crippen LogP contribution is 2.40. The van der Waals surface area contributed by atoms with E-state index in [1.807, 2.05) is 0 Å². The van der Waals surface area contributed by atoms with E-state index >= 15 is 0 Å². The van der Waals surface area contributed by atoms with Crippen LogP contribution >= 0.6 is 0 Å². The van der Waals surface area contributed by atoms with Crippen LogP contribution in [0, 0.1) is 0 Å². The molecule has 3 saturated heterocycles. The number of carbonyl (C=O) groups is 1. The molecular weight excluding hydrogens is 292 g/mol. The largest absolute Gasteiger partial charge is 0.463 e. The number of hydrogen-bond donors (Lipinski definition) is 1. The summed E-state index contributed by atoms with van der Waals surface area (Å²) in [7, 11) is 0. The molecule has 0 amide bonds. The summed E-state index contributed by atoms with van der Waals surface area (Å²) < 4.78 is 28.0. The van der Waals surface area contributed by atoms with Gasteiger partial charge in [-0.25, -0.2) is 0 Å². The average molecular weight is 316 g/mol. The van der Waals surface area contributed by atoms with Crippen molar-refractivity contribution in [3.63, 3.8) is 0 Å². The maximum absolute atomic E-state index is 11.2. The molecule has 0 unspecified atom stereocenters. The summed E-state index contributed by atoms with van der Waals surface area (Å²) in [6.45, 7) is 5.59. The van der Waals surface area contributed by atoms with Gasteiger partial charge in [0.05, 0.1) is 12.2 Å². The van der Waals surface area contributed by atoms with Crippen LogP contribution in [0.1, 0.15) is 40.0 Å². The van der Waals surface area contributed by atoms with Crippen LogP contribution in [0.25, 0.3) is 0 Å². The Balaban J connectivity index is 1.51. The van der Waals surface area contributed by atoms with Crippen molar-refractivity contribution in [2.24, 2.45) is 0 Å². The molecule has 0 spiro atoms. The van der Waals surface area contributed by atoms with Crippen molar-refractivity contribution in [2.45, 2.75) is 82.6 Å². The first-order valence-electron chi connectivity index (χ1n) is 7.90. The molecule has 0 radical (unpaired) electrons. The number of rotatable bonds is 4. The summed E-state index contributed by atoms with van der Waals surface area (Å²) in [5, 5.41) is 10.4. The SMILES string of the molecule is CCC(=O)OC[C@H]1CC[C@H]([C@H]2O[C@@H]3OC(C)(C)O[C@@H]3[C@H]2O)O1. The predicted molar refractivity (Wildman–Crippen MR) is 73.8 cm³/mol. The normalized spacial score (nSPS) is 43.3. The molecule has 3 heterocycles. The van der Waals surface area contributed by atoms with Gasteiger partial charge in [0.25, 0.3) is 0 Å². The molecule has 0 bridgehead atoms. The number of ether oxygens (including phenoxy) is 5. The Morgan fingerprint density at radius 2 is 2.00 bits per heavy atom. The Morgan fingerprint density at radius 3 is 2.68 bits per heavy atom. The first-order valence-corrected chi connectivity index (χ1v) is 7.90. The van der Waals surface area contributed by atoms with Crippen molar-refractivity contribution in [1.82, 2.24) is 0 Å². The lowest BCUT2D eigenvalue weighted by Crippen LogP contribution is -2.41. The van der Waals surface area contributed by atoms with E-state index in [9.17, 15) is 9.90 Å². The summed E-state index contributed by atoms with van der Waals surface area (Å²) in [4.78, 5) is 11.2. The Kier molecular flexibility index (Phi) is 4.44. The van der Waals surface area contributed by atoms with Crippen molar-refractivity contribution < 1.29 is 33.6 Å². The molecule has 7 nitrogen and oxygen atoms in total. The van der Waals surface area contributed by atoms with Crippen molar-refractivity contribution in [3.05, 3.63) is 0 Å². The number of hydrogen-bond acceptors (Lipinski definition) is 7. The fraction of sp³-hybridized carbons (Fsp3) is 0.933. The summed E-state index contributed by atoms with van der Waals surface area (Å²) in [5.74, 6) is -0.975. The van der Waals surface area contributed by atoms with E-state index in [1.54, 1.807) is 20.8 Å². The molecule has 0 aromatic carbocycles. The van der Waals surface area contributed by atoms with Gasteiger partial charge in [0, 0.05) is 6.42 Å². The van der Waals surface area contributed by atoms with Gasteiger partial charge in [0.15, 0.2) is 12.1 Å². The van der Waals surface area contributed by atoms with Gasteiger partial charge < -0.3 is 28.8 Å². The van der Waals surface area contributed by atoms with E-state index in [-0.39, 0.29) is 24.8 Å². The molecule has 22 heavy (non-hydrogen) atoms. The number of aliphatic hydroxyl groups is 1. The van der Waals surface area contributed by atoms with Crippen LogP contribution in [0.15, 0.2) is 0 Å². The van der Waals surface area contributed by atoms with E-state index in [0.717, 1.165) is 12.8 Å². The second-order valence-electron chi connectivity index (χ2n) is 6.47. The van der Waals surface area contributed by atoms with E-state index in [4.69, 9.17) is 23.7 Å². The number of fused-ring (bicyclic) bond motifs is 1. The van der Waals surface area contributed by atoms with E-state index in [1.165, 1.54) is 0 Å². The third-order valence-corrected chi connectivity index (χ3v) is 4.28. The average Bonchev–Trinajstić information content (AvgIpc) is 3.11. The van der Waals surface area contributed by atoms with Crippen LogP contribution in [0.3, 0.4) is 0 Å². The van der Waals surface area contributed by atoms with Crippen LogP contribution in [0.4, 0.5) is 0 Å². The summed E-state index contributed by atoms with van der Waals surface area (Å²) in [6.07, 6.45) is -0.802. The van der Waals surface area contributed by atoms with Crippen molar-refractivity contribution >= 4 is 5.97 Å². The second kappa shape index (κ2) is 6.05. The van der Waals surface area contributed by atoms with Crippen LogP contribution in [0.5, 0.6) is 0 Å². The zero-order valence-electron chi connectivity index (χ0n) is 13.2. The number of carbonyl (C=O) groups excluding carboxylic acids is 1. The topological polar surface area (TPSA) is 83.5 Å². The van der Waals surface area contributed by atoms with Crippen molar-refractivity contribution in [3.8, 4) is 0 Å². The standard InChI is InChI=1S/C15H24O7/c1-4-10(16)18-7-8-5-6-9(19-8)12-11(17)13-14(20-12)22-15(2,3)21-13/h8-9,11-14,17H,4-7H2,1-3H3/t8-,9-,11+,12-,13-,14-/m1/s1. The molecule has 0 aromatic heterocycles. The highest BCUT2D eigenvalue weighted by molar-refractivity contribution is 5.68. The molecule has 7 heteroatoms. The van der Waals surface area contributed by atoms with Gasteiger partial charge in [-0.15, -0.1) is 0 Å². The minimum Gasteiger partial charge on any atom is -0.463 e. The molecule has 0 saturated carbocycles. The molecule has 0 aromatic rings. The maximum atomic E-state index is 11.2. The molecular formula is C15H24O7. The lowest BCUT2D eigenvalue weighted by atomic mass is 10.0. The summed E-state index contributed by atoms with van der Waals surface area (Å²) in [5.41, 5.74) is 0. The van der Waals surface area contributed by atoms with Gasteiger partial charge in [-0.1, -0.05) is 6.92 Å². The zero-order valence-corrected chi connectivity index (χ0v) is 13.2. The monoisotopic (exact) mass is 316 g/mol. The van der Waals surface area contributed by atoms with Crippen LogP contribution in [-0.4, -0.2) is 60.3 Å². The van der Waals surface area contributed by atoms with Gasteiger partial charge in [-0.3, -0.25) is 4.79 Å². The number of aliphatic hydroxyl groups excluding tert-OH is 1. The fourth-order valence-corrected chi connectivity index (χ4v) is 3.21. The van der Waals surface area contributed by atoms with Crippen LogP contribution in [0.2, 0.25) is 0 Å². The minimum atomic E-state index is -0.784. The molecule has 3 aliphatic rings. The highest BCUT2D eigenvalue weighted by Gasteiger charge is 2.57. The van der Waals surface area contributed by atoms with Gasteiger partial charge in [-0.05, 0) is 26.7 Å². The molecule has 3 rings (SSSR count). The predicted octanol–water partition coefficient (Wildman–Crippen LogP) is 0.724. The first-order chi connectivity index (χ1) is 10.4. The molecule has 126 valence electrons. The van der Waals surface area contributed by atoms with Crippen molar-refractivity contribution in [2.75, 3.05) is 6.61 Å². The smallest absolute Gasteiger partial charge is 0.305 e. The Labute approximate surface area is 129 Å². The van der Waals surface area contributed by atoms with Gasteiger partial charge in [0.1, 0.15) is 24.9 Å². The van der Waals surface area contributed by atoms with Crippen LogP contribution in [-0.2, 0) is 28.5 Å². The molecule has 1 N–H and O–H groups in total. The highest BCUT2D eigenvalue weighted by atomic mass is 16.8.